The highest BCUT2D eigenvalue weighted by molar-refractivity contribution is 5.73. The van der Waals surface area contributed by atoms with Gasteiger partial charge in [-0.2, -0.15) is 0 Å². The van der Waals surface area contributed by atoms with E-state index in [-0.39, 0.29) is 17.8 Å². The molecule has 3 aromatic rings. The summed E-state index contributed by atoms with van der Waals surface area (Å²) >= 11 is 0. The maximum atomic E-state index is 11.6. The fourth-order valence-electron chi connectivity index (χ4n) is 5.86. The predicted molar refractivity (Wildman–Crippen MR) is 159 cm³/mol. The number of aryl methyl sites for hydroxylation is 2. The van der Waals surface area contributed by atoms with E-state index in [1.807, 2.05) is 18.2 Å². The molecule has 3 aromatic carbocycles. The van der Waals surface area contributed by atoms with E-state index >= 15 is 0 Å². The summed E-state index contributed by atoms with van der Waals surface area (Å²) in [5.41, 5.74) is 8.68. The second-order valence-corrected chi connectivity index (χ2v) is 10.9. The molecule has 1 saturated heterocycles. The second kappa shape index (κ2) is 12.3. The Balaban J connectivity index is 1.61. The maximum absolute atomic E-state index is 11.6. The quantitative estimate of drug-likeness (QED) is 0.296. The molecule has 4 heteroatoms. The van der Waals surface area contributed by atoms with Crippen molar-refractivity contribution in [3.8, 4) is 11.1 Å². The molecule has 0 spiro atoms. The smallest absolute Gasteiger partial charge is 0.309 e. The van der Waals surface area contributed by atoms with Gasteiger partial charge in [-0.05, 0) is 71.2 Å². The third-order valence-corrected chi connectivity index (χ3v) is 8.58. The van der Waals surface area contributed by atoms with Crippen LogP contribution in [0.3, 0.4) is 0 Å². The second-order valence-electron chi connectivity index (χ2n) is 10.9. The number of carbonyl (C=O) groups is 1. The Bertz CT molecular complexity index is 1310. The minimum atomic E-state index is -0.777. The molecule has 0 radical (unpaired) electrons. The van der Waals surface area contributed by atoms with Crippen LogP contribution < -0.4 is 0 Å². The van der Waals surface area contributed by atoms with E-state index in [0.29, 0.717) is 26.1 Å². The summed E-state index contributed by atoms with van der Waals surface area (Å²) in [4.78, 5) is 11.6. The van der Waals surface area contributed by atoms with Crippen molar-refractivity contribution in [2.75, 3.05) is 20.3 Å². The Morgan fingerprint density at radius 3 is 2.13 bits per heavy atom. The first kappa shape index (κ1) is 28.8. The van der Waals surface area contributed by atoms with Crippen LogP contribution in [0.15, 0.2) is 66.7 Å². The lowest BCUT2D eigenvalue weighted by molar-refractivity contribution is -0.139. The standard InChI is InChI=1S/C35H42O4/c1-6-35(7-2,30-13-12-28(25(3)22-30)16-17-34(37)18-20-39-21-19-34)31-14-15-32(26(4)23-31)29-10-8-27(9-11-29)24-33(36)38-5/h8-17,22-23,37H,6-7,18-21,24H2,1-5H3. The van der Waals surface area contributed by atoms with Crippen molar-refractivity contribution in [1.29, 1.82) is 0 Å². The van der Waals surface area contributed by atoms with Crippen LogP contribution in [0.4, 0.5) is 0 Å². The molecule has 1 aliphatic rings. The van der Waals surface area contributed by atoms with Gasteiger partial charge in [-0.3, -0.25) is 4.79 Å². The van der Waals surface area contributed by atoms with Crippen LogP contribution in [0.1, 0.15) is 72.9 Å². The highest BCUT2D eigenvalue weighted by Gasteiger charge is 2.31. The molecule has 0 saturated carbocycles. The summed E-state index contributed by atoms with van der Waals surface area (Å²) in [5.74, 6) is -0.227. The molecule has 0 unspecified atom stereocenters. The van der Waals surface area contributed by atoms with Crippen LogP contribution >= 0.6 is 0 Å². The lowest BCUT2D eigenvalue weighted by Crippen LogP contribution is -2.33. The number of aliphatic hydroxyl groups is 1. The van der Waals surface area contributed by atoms with E-state index in [1.54, 1.807) is 0 Å². The van der Waals surface area contributed by atoms with Crippen LogP contribution in [0.25, 0.3) is 17.2 Å². The molecule has 0 atom stereocenters. The van der Waals surface area contributed by atoms with Crippen molar-refractivity contribution in [2.24, 2.45) is 0 Å². The summed E-state index contributed by atoms with van der Waals surface area (Å²) in [6.45, 7) is 10.1. The van der Waals surface area contributed by atoms with Crippen LogP contribution in [-0.4, -0.2) is 37.0 Å². The summed E-state index contributed by atoms with van der Waals surface area (Å²) in [6.07, 6.45) is 7.59. The molecule has 1 fully saturated rings. The van der Waals surface area contributed by atoms with Crippen molar-refractivity contribution in [3.63, 3.8) is 0 Å². The third kappa shape index (κ3) is 6.34. The van der Waals surface area contributed by atoms with Crippen LogP contribution in [0.5, 0.6) is 0 Å². The first-order valence-corrected chi connectivity index (χ1v) is 14.1. The van der Waals surface area contributed by atoms with Crippen molar-refractivity contribution < 1.29 is 19.4 Å². The zero-order chi connectivity index (χ0) is 28.0. The molecule has 0 bridgehead atoms. The van der Waals surface area contributed by atoms with E-state index in [9.17, 15) is 9.90 Å². The predicted octanol–water partition coefficient (Wildman–Crippen LogP) is 7.35. The molecular formula is C35H42O4. The molecule has 1 aliphatic heterocycles. The lowest BCUT2D eigenvalue weighted by Gasteiger charge is -2.34. The Hall–Kier alpha value is -3.21. The topological polar surface area (TPSA) is 55.8 Å². The average molecular weight is 527 g/mol. The summed E-state index contributed by atoms with van der Waals surface area (Å²) in [7, 11) is 1.42. The minimum Gasteiger partial charge on any atom is -0.469 e. The van der Waals surface area contributed by atoms with E-state index in [1.165, 1.54) is 34.9 Å². The van der Waals surface area contributed by atoms with Crippen LogP contribution in [0, 0.1) is 13.8 Å². The molecular weight excluding hydrogens is 484 g/mol. The highest BCUT2D eigenvalue weighted by Crippen LogP contribution is 2.41. The highest BCUT2D eigenvalue weighted by atomic mass is 16.5. The maximum Gasteiger partial charge on any atom is 0.309 e. The molecule has 0 amide bonds. The molecule has 1 N–H and O–H groups in total. The van der Waals surface area contributed by atoms with Crippen molar-refractivity contribution in [1.82, 2.24) is 0 Å². The van der Waals surface area contributed by atoms with Crippen molar-refractivity contribution in [2.45, 2.75) is 70.8 Å². The molecule has 4 rings (SSSR count). The zero-order valence-corrected chi connectivity index (χ0v) is 24.0. The van der Waals surface area contributed by atoms with E-state index in [4.69, 9.17) is 9.47 Å². The zero-order valence-electron chi connectivity index (χ0n) is 24.0. The number of hydrogen-bond donors (Lipinski definition) is 1. The molecule has 206 valence electrons. The van der Waals surface area contributed by atoms with Crippen LogP contribution in [-0.2, 0) is 26.1 Å². The van der Waals surface area contributed by atoms with Gasteiger partial charge in [-0.1, -0.05) is 86.7 Å². The fraction of sp³-hybridized carbons (Fsp3) is 0.400. The Kier molecular flexibility index (Phi) is 9.09. The molecule has 4 nitrogen and oxygen atoms in total. The number of carbonyl (C=O) groups excluding carboxylic acids is 1. The van der Waals surface area contributed by atoms with Crippen molar-refractivity contribution in [3.05, 3.63) is 100 Å². The van der Waals surface area contributed by atoms with Gasteiger partial charge in [-0.15, -0.1) is 0 Å². The number of ether oxygens (including phenoxy) is 2. The van der Waals surface area contributed by atoms with Gasteiger partial charge in [0.15, 0.2) is 0 Å². The Labute approximate surface area is 233 Å². The monoisotopic (exact) mass is 526 g/mol. The molecule has 1 heterocycles. The van der Waals surface area contributed by atoms with E-state index in [2.05, 4.69) is 82.3 Å². The van der Waals surface area contributed by atoms with Gasteiger partial charge >= 0.3 is 5.97 Å². The summed E-state index contributed by atoms with van der Waals surface area (Å²) in [6, 6.07) is 21.8. The summed E-state index contributed by atoms with van der Waals surface area (Å²) < 4.78 is 10.2. The SMILES string of the molecule is CCC(CC)(c1ccc(C=CC2(O)CCOCC2)c(C)c1)c1ccc(-c2ccc(CC(=O)OC)cc2)c(C)c1. The summed E-state index contributed by atoms with van der Waals surface area (Å²) in [5, 5.41) is 10.8. The molecule has 0 aromatic heterocycles. The normalized spacial score (nSPS) is 15.4. The average Bonchev–Trinajstić information content (AvgIpc) is 2.94. The van der Waals surface area contributed by atoms with Gasteiger partial charge in [0, 0.05) is 31.5 Å². The van der Waals surface area contributed by atoms with Gasteiger partial charge in [0.1, 0.15) is 0 Å². The Morgan fingerprint density at radius 1 is 0.949 bits per heavy atom. The van der Waals surface area contributed by atoms with Gasteiger partial charge in [0.05, 0.1) is 19.1 Å². The largest absolute Gasteiger partial charge is 0.469 e. The van der Waals surface area contributed by atoms with Gasteiger partial charge in [0.2, 0.25) is 0 Å². The molecule has 0 aliphatic carbocycles. The van der Waals surface area contributed by atoms with Gasteiger partial charge in [0.25, 0.3) is 0 Å². The van der Waals surface area contributed by atoms with Crippen LogP contribution in [0.2, 0.25) is 0 Å². The first-order chi connectivity index (χ1) is 18.7. The number of benzene rings is 3. The molecule has 39 heavy (non-hydrogen) atoms. The third-order valence-electron chi connectivity index (χ3n) is 8.58. The number of rotatable bonds is 9. The number of esters is 1. The van der Waals surface area contributed by atoms with Gasteiger partial charge in [-0.25, -0.2) is 0 Å². The van der Waals surface area contributed by atoms with Crippen molar-refractivity contribution >= 4 is 12.0 Å². The first-order valence-electron chi connectivity index (χ1n) is 14.1. The lowest BCUT2D eigenvalue weighted by atomic mass is 9.69. The van der Waals surface area contributed by atoms with E-state index in [0.717, 1.165) is 29.5 Å². The fourth-order valence-corrected chi connectivity index (χ4v) is 5.86. The minimum absolute atomic E-state index is 0.0838. The van der Waals surface area contributed by atoms with E-state index < -0.39 is 5.60 Å². The Morgan fingerprint density at radius 2 is 1.56 bits per heavy atom. The number of hydrogen-bond acceptors (Lipinski definition) is 4. The number of methoxy groups -OCH3 is 1. The van der Waals surface area contributed by atoms with Gasteiger partial charge < -0.3 is 14.6 Å².